The van der Waals surface area contributed by atoms with Crippen LogP contribution >= 0.6 is 11.3 Å². The molecule has 3 aromatic heterocycles. The van der Waals surface area contributed by atoms with Gasteiger partial charge in [0.05, 0.1) is 11.1 Å². The van der Waals surface area contributed by atoms with E-state index >= 15 is 0 Å². The van der Waals surface area contributed by atoms with E-state index in [9.17, 15) is 9.59 Å². The van der Waals surface area contributed by atoms with Crippen LogP contribution in [-0.2, 0) is 12.8 Å². The van der Waals surface area contributed by atoms with Gasteiger partial charge in [-0.25, -0.2) is 4.98 Å². The van der Waals surface area contributed by atoms with E-state index in [2.05, 4.69) is 42.6 Å². The van der Waals surface area contributed by atoms with Gasteiger partial charge in [-0.2, -0.15) is 0 Å². The molecule has 0 bridgehead atoms. The topological polar surface area (TPSA) is 123 Å². The number of anilines is 1. The predicted molar refractivity (Wildman–Crippen MR) is 152 cm³/mol. The van der Waals surface area contributed by atoms with Crippen molar-refractivity contribution in [2.24, 2.45) is 17.1 Å². The molecule has 1 atom stereocenters. The zero-order chi connectivity index (χ0) is 27.3. The van der Waals surface area contributed by atoms with E-state index in [1.807, 2.05) is 36.4 Å². The third-order valence-corrected chi connectivity index (χ3v) is 7.82. The van der Waals surface area contributed by atoms with Crippen LogP contribution in [0.2, 0.25) is 0 Å². The zero-order valence-electron chi connectivity index (χ0n) is 22.3. The molecule has 0 radical (unpaired) electrons. The lowest BCUT2D eigenvalue weighted by Crippen LogP contribution is -2.28. The Labute approximate surface area is 227 Å². The van der Waals surface area contributed by atoms with E-state index in [1.165, 1.54) is 35.2 Å². The van der Waals surface area contributed by atoms with Gasteiger partial charge in [-0.15, -0.1) is 11.3 Å². The number of nitrogens with two attached hydrogens (primary N) is 1. The monoisotopic (exact) mass is 533 g/mol. The van der Waals surface area contributed by atoms with Gasteiger partial charge in [-0.3, -0.25) is 9.59 Å². The lowest BCUT2D eigenvalue weighted by molar-refractivity contribution is 0.0957. The molecule has 1 unspecified atom stereocenters. The third kappa shape index (κ3) is 6.65. The van der Waals surface area contributed by atoms with Gasteiger partial charge in [0.15, 0.2) is 0 Å². The fraction of sp³-hybridized carbons (Fsp3) is 0.379. The van der Waals surface area contributed by atoms with Crippen LogP contribution in [0.4, 0.5) is 5.69 Å². The number of pyridine rings is 1. The molecule has 2 amide bonds. The minimum absolute atomic E-state index is 0.0519. The van der Waals surface area contributed by atoms with Gasteiger partial charge in [0.25, 0.3) is 11.8 Å². The molecule has 1 aliphatic carbocycles. The van der Waals surface area contributed by atoms with Crippen LogP contribution in [-0.4, -0.2) is 35.0 Å². The minimum Gasteiger partial charge on any atom is -0.361 e. The normalized spacial score (nSPS) is 14.8. The summed E-state index contributed by atoms with van der Waals surface area (Å²) in [6, 6.07) is 13.4. The van der Waals surface area contributed by atoms with E-state index in [1.54, 1.807) is 6.92 Å². The smallest absolute Gasteiger partial charge is 0.261 e. The number of para-hydroxylation sites is 1. The van der Waals surface area contributed by atoms with E-state index < -0.39 is 0 Å². The fourth-order valence-electron chi connectivity index (χ4n) is 4.48. The number of aryl methyl sites for hydroxylation is 2. The van der Waals surface area contributed by atoms with Crippen LogP contribution < -0.4 is 16.4 Å². The summed E-state index contributed by atoms with van der Waals surface area (Å²) in [6.45, 7) is 9.62. The molecule has 4 aromatic rings. The second-order valence-corrected chi connectivity index (χ2v) is 11.6. The summed E-state index contributed by atoms with van der Waals surface area (Å²) in [4.78, 5) is 30.3. The predicted octanol–water partition coefficient (Wildman–Crippen LogP) is 5.37. The number of carbonyl (C=O) groups excluding carboxylic acids is 2. The molecule has 200 valence electrons. The second-order valence-electron chi connectivity index (χ2n) is 10.6. The van der Waals surface area contributed by atoms with Crippen LogP contribution in [0.3, 0.4) is 0 Å². The SMILES string of the molecule is CC(C)(C)C1CCc2nc3sc(C(=O)NCCN)cc3cc2C1.Cc1oncc1C(=O)Nc1ccccc1. The standard InChI is InChI=1S/C18H25N3OS.C11H10N2O2/c1-18(2,3)13-4-5-14-11(9-13)8-12-10-15(23-17(12)21-14)16(22)20-7-6-19;1-8-10(7-12-15-8)11(14)13-9-5-3-2-4-6-9/h8,10,13H,4-7,9,19H2,1-3H3,(H,20,22);2-7H,1H3,(H,13,14). The van der Waals surface area contributed by atoms with Crippen LogP contribution in [0.1, 0.15) is 64.2 Å². The van der Waals surface area contributed by atoms with Gasteiger partial charge in [-0.05, 0) is 67.3 Å². The van der Waals surface area contributed by atoms with E-state index in [4.69, 9.17) is 15.2 Å². The number of aromatic nitrogens is 2. The number of hydrogen-bond acceptors (Lipinski definition) is 7. The summed E-state index contributed by atoms with van der Waals surface area (Å²) >= 11 is 1.47. The average Bonchev–Trinajstić information content (AvgIpc) is 3.51. The Balaban J connectivity index is 0.000000194. The van der Waals surface area contributed by atoms with Crippen molar-refractivity contribution in [3.05, 3.63) is 76.1 Å². The first kappa shape index (κ1) is 27.5. The number of carbonyl (C=O) groups is 2. The lowest BCUT2D eigenvalue weighted by atomic mass is 9.71. The van der Waals surface area contributed by atoms with Gasteiger partial charge >= 0.3 is 0 Å². The third-order valence-electron chi connectivity index (χ3n) is 6.78. The molecule has 3 heterocycles. The van der Waals surface area contributed by atoms with Crippen molar-refractivity contribution in [2.75, 3.05) is 18.4 Å². The maximum Gasteiger partial charge on any atom is 0.261 e. The summed E-state index contributed by atoms with van der Waals surface area (Å²) in [6.07, 6.45) is 4.74. The molecule has 0 fully saturated rings. The van der Waals surface area contributed by atoms with Crippen molar-refractivity contribution in [2.45, 2.75) is 47.0 Å². The number of nitrogens with one attached hydrogen (secondary N) is 2. The quantitative estimate of drug-likeness (QED) is 0.317. The van der Waals surface area contributed by atoms with Gasteiger partial charge in [-0.1, -0.05) is 44.1 Å². The second kappa shape index (κ2) is 11.9. The van der Waals surface area contributed by atoms with Crippen LogP contribution in [0.5, 0.6) is 0 Å². The highest BCUT2D eigenvalue weighted by Gasteiger charge is 2.29. The summed E-state index contributed by atoms with van der Waals surface area (Å²) < 4.78 is 4.81. The zero-order valence-corrected chi connectivity index (χ0v) is 23.2. The van der Waals surface area contributed by atoms with Crippen molar-refractivity contribution in [3.63, 3.8) is 0 Å². The van der Waals surface area contributed by atoms with Crippen LogP contribution in [0.25, 0.3) is 10.2 Å². The van der Waals surface area contributed by atoms with Crippen LogP contribution in [0.15, 0.2) is 53.2 Å². The highest BCUT2D eigenvalue weighted by molar-refractivity contribution is 7.20. The molecule has 4 N–H and O–H groups in total. The molecule has 0 saturated carbocycles. The minimum atomic E-state index is -0.208. The summed E-state index contributed by atoms with van der Waals surface area (Å²) in [7, 11) is 0. The first-order valence-corrected chi connectivity index (χ1v) is 13.7. The molecule has 1 aromatic carbocycles. The summed E-state index contributed by atoms with van der Waals surface area (Å²) in [5.74, 6) is 0.951. The first-order valence-electron chi connectivity index (χ1n) is 12.8. The molecule has 0 aliphatic heterocycles. The van der Waals surface area contributed by atoms with Crippen molar-refractivity contribution in [3.8, 4) is 0 Å². The Kier molecular flexibility index (Phi) is 8.58. The number of fused-ring (bicyclic) bond motifs is 2. The van der Waals surface area contributed by atoms with Crippen LogP contribution in [0, 0.1) is 18.3 Å². The Morgan fingerprint density at radius 3 is 2.58 bits per heavy atom. The molecule has 0 saturated heterocycles. The molecule has 0 spiro atoms. The highest BCUT2D eigenvalue weighted by atomic mass is 32.1. The van der Waals surface area contributed by atoms with Crippen molar-refractivity contribution < 1.29 is 14.1 Å². The van der Waals surface area contributed by atoms with Gasteiger partial charge in [0.2, 0.25) is 0 Å². The number of rotatable bonds is 5. The van der Waals surface area contributed by atoms with Crippen molar-refractivity contribution in [1.29, 1.82) is 0 Å². The number of amides is 2. The Morgan fingerprint density at radius 1 is 1.16 bits per heavy atom. The first-order chi connectivity index (χ1) is 18.2. The molecule has 9 heteroatoms. The molecular weight excluding hydrogens is 498 g/mol. The summed E-state index contributed by atoms with van der Waals surface area (Å²) in [5.41, 5.74) is 9.55. The highest BCUT2D eigenvalue weighted by Crippen LogP contribution is 2.38. The fourth-order valence-corrected chi connectivity index (χ4v) is 5.43. The van der Waals surface area contributed by atoms with E-state index in [0.29, 0.717) is 35.7 Å². The van der Waals surface area contributed by atoms with Gasteiger partial charge < -0.3 is 20.9 Å². The molecule has 8 nitrogen and oxygen atoms in total. The molecular formula is C29H35N5O3S. The molecule has 1 aliphatic rings. The van der Waals surface area contributed by atoms with Gasteiger partial charge in [0, 0.05) is 29.9 Å². The number of nitrogens with zero attached hydrogens (tertiary/aromatic N) is 2. The maximum absolute atomic E-state index is 12.1. The Bertz CT molecular complexity index is 1400. The summed E-state index contributed by atoms with van der Waals surface area (Å²) in [5, 5.41) is 10.2. The van der Waals surface area contributed by atoms with Crippen molar-refractivity contribution >= 4 is 39.1 Å². The number of benzene rings is 1. The van der Waals surface area contributed by atoms with E-state index in [-0.39, 0.29) is 11.8 Å². The lowest BCUT2D eigenvalue weighted by Gasteiger charge is -2.34. The average molecular weight is 534 g/mol. The Hall–Kier alpha value is -3.56. The Morgan fingerprint density at radius 2 is 1.92 bits per heavy atom. The van der Waals surface area contributed by atoms with Gasteiger partial charge in [0.1, 0.15) is 16.2 Å². The molecule has 38 heavy (non-hydrogen) atoms. The number of hydrogen-bond donors (Lipinski definition) is 3. The molecule has 5 rings (SSSR count). The van der Waals surface area contributed by atoms with E-state index in [0.717, 1.165) is 33.6 Å². The number of thiophene rings is 1. The van der Waals surface area contributed by atoms with Crippen molar-refractivity contribution in [1.82, 2.24) is 15.5 Å². The maximum atomic E-state index is 12.1. The largest absolute Gasteiger partial charge is 0.361 e.